The van der Waals surface area contributed by atoms with Crippen LogP contribution in [-0.4, -0.2) is 38.2 Å². The van der Waals surface area contributed by atoms with Gasteiger partial charge in [-0.1, -0.05) is 0 Å². The van der Waals surface area contributed by atoms with E-state index in [0.717, 1.165) is 12.1 Å². The maximum absolute atomic E-state index is 13.4. The number of hydrogen-bond acceptors (Lipinski definition) is 5. The van der Waals surface area contributed by atoms with Crippen molar-refractivity contribution in [3.8, 4) is 0 Å². The maximum atomic E-state index is 13.4. The Bertz CT molecular complexity index is 806. The number of anilines is 2. The Balaban J connectivity index is 2.16. The molecule has 10 heteroatoms. The van der Waals surface area contributed by atoms with Crippen LogP contribution in [0.2, 0.25) is 0 Å². The van der Waals surface area contributed by atoms with Crippen LogP contribution in [0, 0.1) is 0 Å². The molecule has 0 aliphatic rings. The van der Waals surface area contributed by atoms with E-state index in [1.165, 1.54) is 38.7 Å². The summed E-state index contributed by atoms with van der Waals surface area (Å²) in [7, 11) is 1.45. The van der Waals surface area contributed by atoms with Crippen molar-refractivity contribution >= 4 is 23.2 Å². The van der Waals surface area contributed by atoms with Gasteiger partial charge in [0.15, 0.2) is 0 Å². The molecule has 0 saturated heterocycles. The Hall–Kier alpha value is -2.85. The molecule has 7 nitrogen and oxygen atoms in total. The van der Waals surface area contributed by atoms with Gasteiger partial charge in [-0.25, -0.2) is 0 Å². The molecule has 2 rings (SSSR count). The van der Waals surface area contributed by atoms with Gasteiger partial charge in [0.05, 0.1) is 36.3 Å². The van der Waals surface area contributed by atoms with Gasteiger partial charge in [0.25, 0.3) is 11.8 Å². The minimum Gasteiger partial charge on any atom is -0.472 e. The quantitative estimate of drug-likeness (QED) is 0.662. The van der Waals surface area contributed by atoms with Gasteiger partial charge in [0, 0.05) is 12.8 Å². The summed E-state index contributed by atoms with van der Waals surface area (Å²) in [5.41, 5.74) is -1.47. The van der Waals surface area contributed by atoms with E-state index >= 15 is 0 Å². The zero-order valence-electron chi connectivity index (χ0n) is 15.1. The second kappa shape index (κ2) is 9.38. The lowest BCUT2D eigenvalue weighted by Gasteiger charge is -2.18. The lowest BCUT2D eigenvalue weighted by molar-refractivity contribution is -0.137. The third-order valence-corrected chi connectivity index (χ3v) is 3.65. The molecule has 1 aromatic carbocycles. The zero-order valence-corrected chi connectivity index (χ0v) is 15.1. The molecule has 2 amide bonds. The Morgan fingerprint density at radius 1 is 1.18 bits per heavy atom. The van der Waals surface area contributed by atoms with Crippen LogP contribution in [0.3, 0.4) is 0 Å². The summed E-state index contributed by atoms with van der Waals surface area (Å²) in [5.74, 6) is -1.37. The minimum atomic E-state index is -4.75. The van der Waals surface area contributed by atoms with E-state index in [-0.39, 0.29) is 24.5 Å². The molecule has 28 heavy (non-hydrogen) atoms. The van der Waals surface area contributed by atoms with Crippen LogP contribution < -0.4 is 10.6 Å². The highest BCUT2D eigenvalue weighted by Gasteiger charge is 2.35. The molecule has 0 aliphatic heterocycles. The molecule has 1 heterocycles. The molecular weight excluding hydrogens is 381 g/mol. The fourth-order valence-electron chi connectivity index (χ4n) is 2.18. The van der Waals surface area contributed by atoms with Gasteiger partial charge in [-0.15, -0.1) is 0 Å². The summed E-state index contributed by atoms with van der Waals surface area (Å²) in [4.78, 5) is 24.0. The first-order chi connectivity index (χ1) is 13.2. The SMILES string of the molecule is COCCOC(C)C(=O)Nc1ccc(NC(=O)c2ccoc2)cc1C(F)(F)F. The molecular formula is C18H19F3N2O5. The Morgan fingerprint density at radius 3 is 2.54 bits per heavy atom. The van der Waals surface area contributed by atoms with Crippen LogP contribution in [0.4, 0.5) is 24.5 Å². The van der Waals surface area contributed by atoms with Gasteiger partial charge >= 0.3 is 6.18 Å². The molecule has 2 N–H and O–H groups in total. The Labute approximate surface area is 158 Å². The van der Waals surface area contributed by atoms with E-state index in [1.54, 1.807) is 0 Å². The van der Waals surface area contributed by atoms with Crippen LogP contribution >= 0.6 is 0 Å². The standard InChI is InChI=1S/C18H19F3N2O5/c1-11(28-8-7-26-2)16(24)23-15-4-3-13(9-14(15)18(19,20)21)22-17(25)12-5-6-27-10-12/h3-6,9-11H,7-8H2,1-2H3,(H,22,25)(H,23,24). The van der Waals surface area contributed by atoms with Crippen molar-refractivity contribution in [3.63, 3.8) is 0 Å². The topological polar surface area (TPSA) is 89.8 Å². The van der Waals surface area contributed by atoms with E-state index in [9.17, 15) is 22.8 Å². The van der Waals surface area contributed by atoms with Gasteiger partial charge in [-0.2, -0.15) is 13.2 Å². The van der Waals surface area contributed by atoms with E-state index in [4.69, 9.17) is 13.9 Å². The number of alkyl halides is 3. The fourth-order valence-corrected chi connectivity index (χ4v) is 2.18. The molecule has 2 aromatic rings. The van der Waals surface area contributed by atoms with Crippen LogP contribution in [0.5, 0.6) is 0 Å². The van der Waals surface area contributed by atoms with Crippen molar-refractivity contribution in [1.29, 1.82) is 0 Å². The highest BCUT2D eigenvalue weighted by atomic mass is 19.4. The summed E-state index contributed by atoms with van der Waals surface area (Å²) in [6.45, 7) is 1.78. The molecule has 0 spiro atoms. The number of rotatable bonds is 8. The van der Waals surface area contributed by atoms with Gasteiger partial charge in [0.1, 0.15) is 12.4 Å². The van der Waals surface area contributed by atoms with Crippen molar-refractivity contribution in [3.05, 3.63) is 47.9 Å². The number of carbonyl (C=O) groups excluding carboxylic acids is 2. The Kier molecular flexibility index (Phi) is 7.18. The van der Waals surface area contributed by atoms with Crippen molar-refractivity contribution in [2.24, 2.45) is 0 Å². The normalized spacial score (nSPS) is 12.5. The molecule has 0 saturated carbocycles. The number of halogens is 3. The van der Waals surface area contributed by atoms with Crippen molar-refractivity contribution in [2.45, 2.75) is 19.2 Å². The third-order valence-electron chi connectivity index (χ3n) is 3.65. The first-order valence-corrected chi connectivity index (χ1v) is 8.18. The second-order valence-electron chi connectivity index (χ2n) is 5.72. The summed E-state index contributed by atoms with van der Waals surface area (Å²) in [6.07, 6.45) is -3.29. The predicted molar refractivity (Wildman–Crippen MR) is 94.0 cm³/mol. The molecule has 1 atom stereocenters. The maximum Gasteiger partial charge on any atom is 0.418 e. The monoisotopic (exact) mass is 400 g/mol. The van der Waals surface area contributed by atoms with E-state index in [1.807, 2.05) is 0 Å². The van der Waals surface area contributed by atoms with E-state index in [0.29, 0.717) is 0 Å². The first-order valence-electron chi connectivity index (χ1n) is 8.18. The van der Waals surface area contributed by atoms with E-state index < -0.39 is 35.3 Å². The van der Waals surface area contributed by atoms with Gasteiger partial charge in [-0.05, 0) is 31.2 Å². The number of furan rings is 1. The molecule has 0 fully saturated rings. The van der Waals surface area contributed by atoms with Gasteiger partial charge < -0.3 is 24.5 Å². The number of carbonyl (C=O) groups is 2. The highest BCUT2D eigenvalue weighted by molar-refractivity contribution is 6.04. The minimum absolute atomic E-state index is 0.0825. The fraction of sp³-hybridized carbons (Fsp3) is 0.333. The third kappa shape index (κ3) is 5.83. The summed E-state index contributed by atoms with van der Waals surface area (Å²) >= 11 is 0. The molecule has 1 aromatic heterocycles. The first kappa shape index (κ1) is 21.5. The van der Waals surface area contributed by atoms with E-state index in [2.05, 4.69) is 10.6 Å². The molecule has 1 unspecified atom stereocenters. The van der Waals surface area contributed by atoms with Crippen LogP contribution in [-0.2, 0) is 20.4 Å². The zero-order chi connectivity index (χ0) is 20.7. The van der Waals surface area contributed by atoms with Crippen molar-refractivity contribution in [1.82, 2.24) is 0 Å². The molecule has 0 bridgehead atoms. The molecule has 0 aliphatic carbocycles. The number of amides is 2. The van der Waals surface area contributed by atoms with Crippen molar-refractivity contribution in [2.75, 3.05) is 31.0 Å². The largest absolute Gasteiger partial charge is 0.472 e. The van der Waals surface area contributed by atoms with Crippen LogP contribution in [0.1, 0.15) is 22.8 Å². The molecule has 152 valence electrons. The van der Waals surface area contributed by atoms with Gasteiger partial charge in [0.2, 0.25) is 0 Å². The van der Waals surface area contributed by atoms with Crippen molar-refractivity contribution < 1.29 is 36.7 Å². The Morgan fingerprint density at radius 2 is 1.93 bits per heavy atom. The average Bonchev–Trinajstić information content (AvgIpc) is 3.17. The number of methoxy groups -OCH3 is 1. The molecule has 0 radical (unpaired) electrons. The average molecular weight is 400 g/mol. The number of benzene rings is 1. The predicted octanol–water partition coefficient (Wildman–Crippen LogP) is 3.54. The summed E-state index contributed by atoms with van der Waals surface area (Å²) in [5, 5.41) is 4.54. The summed E-state index contributed by atoms with van der Waals surface area (Å²) in [6, 6.07) is 4.43. The van der Waals surface area contributed by atoms with Crippen LogP contribution in [0.25, 0.3) is 0 Å². The van der Waals surface area contributed by atoms with Crippen LogP contribution in [0.15, 0.2) is 41.2 Å². The highest BCUT2D eigenvalue weighted by Crippen LogP contribution is 2.36. The van der Waals surface area contributed by atoms with Gasteiger partial charge in [-0.3, -0.25) is 9.59 Å². The number of nitrogens with one attached hydrogen (secondary N) is 2. The second-order valence-corrected chi connectivity index (χ2v) is 5.72. The number of hydrogen-bond donors (Lipinski definition) is 2. The number of ether oxygens (including phenoxy) is 2. The summed E-state index contributed by atoms with van der Waals surface area (Å²) < 4.78 is 55.0. The smallest absolute Gasteiger partial charge is 0.418 e. The lowest BCUT2D eigenvalue weighted by Crippen LogP contribution is -2.29. The lowest BCUT2D eigenvalue weighted by atomic mass is 10.1.